The van der Waals surface area contributed by atoms with Crippen LogP contribution in [0.1, 0.15) is 65.8 Å². The Labute approximate surface area is 141 Å². The summed E-state index contributed by atoms with van der Waals surface area (Å²) < 4.78 is 2.27. The van der Waals surface area contributed by atoms with Gasteiger partial charge in [-0.05, 0) is 31.0 Å². The maximum Gasteiger partial charge on any atom is 0.137 e. The third kappa shape index (κ3) is 4.35. The molecule has 3 heteroatoms. The predicted molar refractivity (Wildman–Crippen MR) is 98.9 cm³/mol. The zero-order valence-corrected chi connectivity index (χ0v) is 15.8. The van der Waals surface area contributed by atoms with E-state index in [9.17, 15) is 0 Å². The summed E-state index contributed by atoms with van der Waals surface area (Å²) in [6, 6.07) is 6.27. The summed E-state index contributed by atoms with van der Waals surface area (Å²) in [4.78, 5) is 7.48. The summed E-state index contributed by atoms with van der Waals surface area (Å²) in [7, 11) is 0. The van der Waals surface area contributed by atoms with Gasteiger partial charge in [0.15, 0.2) is 0 Å². The van der Waals surface area contributed by atoms with E-state index >= 15 is 0 Å². The largest absolute Gasteiger partial charge is 0.302 e. The Hall–Kier alpha value is -1.35. The maximum atomic E-state index is 4.92. The highest BCUT2D eigenvalue weighted by Gasteiger charge is 2.24. The third-order valence-corrected chi connectivity index (χ3v) is 4.51. The second-order valence-corrected chi connectivity index (χ2v) is 7.81. The smallest absolute Gasteiger partial charge is 0.137 e. The number of imidazole rings is 1. The molecule has 0 spiro atoms. The molecule has 0 amide bonds. The zero-order valence-electron chi connectivity index (χ0n) is 15.8. The van der Waals surface area contributed by atoms with Crippen LogP contribution in [0.15, 0.2) is 24.4 Å². The molecule has 2 aromatic rings. The summed E-state index contributed by atoms with van der Waals surface area (Å²) >= 11 is 0. The molecule has 3 nitrogen and oxygen atoms in total. The van der Waals surface area contributed by atoms with Crippen molar-refractivity contribution in [3.05, 3.63) is 35.8 Å². The fourth-order valence-corrected chi connectivity index (χ4v) is 3.34. The molecule has 0 aliphatic heterocycles. The molecule has 2 rings (SSSR count). The van der Waals surface area contributed by atoms with Crippen LogP contribution >= 0.6 is 0 Å². The lowest BCUT2D eigenvalue weighted by Gasteiger charge is -2.26. The molecule has 0 N–H and O–H groups in total. The van der Waals surface area contributed by atoms with Crippen LogP contribution in [0.25, 0.3) is 5.65 Å². The maximum absolute atomic E-state index is 4.92. The molecular formula is C20H33N3. The number of rotatable bonds is 7. The molecule has 128 valence electrons. The normalized spacial score (nSPS) is 13.9. The molecule has 0 bridgehead atoms. The Balaban J connectivity index is 2.33. The molecule has 0 saturated heterocycles. The second-order valence-electron chi connectivity index (χ2n) is 7.81. The van der Waals surface area contributed by atoms with Gasteiger partial charge in [-0.1, -0.05) is 54.0 Å². The zero-order chi connectivity index (χ0) is 17.0. The molecule has 2 heterocycles. The number of pyridine rings is 1. The SMILES string of the molecule is CCCC(C)CN(CC)Cc1c(C(C)(C)C)nc2ccccn12. The molecule has 0 fully saturated rings. The van der Waals surface area contributed by atoms with E-state index in [-0.39, 0.29) is 5.41 Å². The molecule has 2 aromatic heterocycles. The first kappa shape index (κ1) is 18.0. The van der Waals surface area contributed by atoms with Crippen LogP contribution in [0.4, 0.5) is 0 Å². The van der Waals surface area contributed by atoms with Crippen molar-refractivity contribution < 1.29 is 0 Å². The topological polar surface area (TPSA) is 20.5 Å². The molecule has 1 atom stereocenters. The number of aromatic nitrogens is 2. The molecular weight excluding hydrogens is 282 g/mol. The summed E-state index contributed by atoms with van der Waals surface area (Å²) in [5, 5.41) is 0. The number of hydrogen-bond acceptors (Lipinski definition) is 2. The first-order chi connectivity index (χ1) is 10.9. The number of fused-ring (bicyclic) bond motifs is 1. The minimum atomic E-state index is 0.0653. The van der Waals surface area contributed by atoms with Crippen molar-refractivity contribution in [1.29, 1.82) is 0 Å². The van der Waals surface area contributed by atoms with Crippen LogP contribution in [-0.4, -0.2) is 27.4 Å². The van der Waals surface area contributed by atoms with Gasteiger partial charge in [-0.2, -0.15) is 0 Å². The van der Waals surface area contributed by atoms with Crippen LogP contribution in [0.3, 0.4) is 0 Å². The van der Waals surface area contributed by atoms with Crippen LogP contribution < -0.4 is 0 Å². The van der Waals surface area contributed by atoms with Crippen molar-refractivity contribution >= 4 is 5.65 Å². The Kier molecular flexibility index (Phi) is 5.85. The van der Waals surface area contributed by atoms with Crippen LogP contribution in [0.5, 0.6) is 0 Å². The van der Waals surface area contributed by atoms with Crippen molar-refractivity contribution in [2.45, 2.75) is 66.3 Å². The second kappa shape index (κ2) is 7.48. The van der Waals surface area contributed by atoms with Crippen LogP contribution in [-0.2, 0) is 12.0 Å². The van der Waals surface area contributed by atoms with Crippen LogP contribution in [0.2, 0.25) is 0 Å². The van der Waals surface area contributed by atoms with Crippen LogP contribution in [0, 0.1) is 5.92 Å². The van der Waals surface area contributed by atoms with Gasteiger partial charge in [-0.3, -0.25) is 4.90 Å². The van der Waals surface area contributed by atoms with E-state index in [0.29, 0.717) is 0 Å². The van der Waals surface area contributed by atoms with Gasteiger partial charge in [0.25, 0.3) is 0 Å². The van der Waals surface area contributed by atoms with E-state index in [1.807, 2.05) is 0 Å². The van der Waals surface area contributed by atoms with Gasteiger partial charge in [0.2, 0.25) is 0 Å². The van der Waals surface area contributed by atoms with Crippen molar-refractivity contribution in [1.82, 2.24) is 14.3 Å². The highest BCUT2D eigenvalue weighted by molar-refractivity contribution is 5.44. The molecule has 0 aliphatic rings. The molecule has 0 saturated carbocycles. The Morgan fingerprint density at radius 3 is 2.57 bits per heavy atom. The van der Waals surface area contributed by atoms with E-state index in [1.54, 1.807) is 0 Å². The van der Waals surface area contributed by atoms with Gasteiger partial charge >= 0.3 is 0 Å². The lowest BCUT2D eigenvalue weighted by atomic mass is 9.90. The summed E-state index contributed by atoms with van der Waals surface area (Å²) in [5.74, 6) is 0.747. The molecule has 23 heavy (non-hydrogen) atoms. The van der Waals surface area contributed by atoms with Gasteiger partial charge in [-0.15, -0.1) is 0 Å². The first-order valence-corrected chi connectivity index (χ1v) is 9.05. The fraction of sp³-hybridized carbons (Fsp3) is 0.650. The van der Waals surface area contributed by atoms with Crippen molar-refractivity contribution in [2.75, 3.05) is 13.1 Å². The van der Waals surface area contributed by atoms with Crippen molar-refractivity contribution in [3.63, 3.8) is 0 Å². The van der Waals surface area contributed by atoms with Crippen molar-refractivity contribution in [2.24, 2.45) is 5.92 Å². The van der Waals surface area contributed by atoms with Gasteiger partial charge in [0.1, 0.15) is 5.65 Å². The third-order valence-electron chi connectivity index (χ3n) is 4.51. The Bertz CT molecular complexity index is 621. The van der Waals surface area contributed by atoms with E-state index < -0.39 is 0 Å². The quantitative estimate of drug-likeness (QED) is 0.725. The lowest BCUT2D eigenvalue weighted by molar-refractivity contribution is 0.230. The molecule has 1 unspecified atom stereocenters. The fourth-order valence-electron chi connectivity index (χ4n) is 3.34. The summed E-state index contributed by atoms with van der Waals surface area (Å²) in [6.07, 6.45) is 4.72. The Morgan fingerprint density at radius 2 is 1.96 bits per heavy atom. The summed E-state index contributed by atoms with van der Waals surface area (Å²) in [6.45, 7) is 16.9. The van der Waals surface area contributed by atoms with E-state index in [1.165, 1.54) is 24.2 Å². The van der Waals surface area contributed by atoms with E-state index in [0.717, 1.165) is 31.2 Å². The summed E-state index contributed by atoms with van der Waals surface area (Å²) in [5.41, 5.74) is 3.70. The molecule has 0 aliphatic carbocycles. The molecule has 0 aromatic carbocycles. The van der Waals surface area contributed by atoms with Gasteiger partial charge in [0, 0.05) is 24.7 Å². The highest BCUT2D eigenvalue weighted by atomic mass is 15.1. The minimum Gasteiger partial charge on any atom is -0.302 e. The van der Waals surface area contributed by atoms with Crippen molar-refractivity contribution in [3.8, 4) is 0 Å². The Morgan fingerprint density at radius 1 is 1.22 bits per heavy atom. The lowest BCUT2D eigenvalue weighted by Crippen LogP contribution is -2.30. The first-order valence-electron chi connectivity index (χ1n) is 9.05. The number of hydrogen-bond donors (Lipinski definition) is 0. The van der Waals surface area contributed by atoms with E-state index in [2.05, 4.69) is 75.2 Å². The standard InChI is InChI=1S/C20H33N3/c1-7-11-16(3)14-22(8-2)15-17-19(20(4,5)6)21-18-12-9-10-13-23(17)18/h9-10,12-13,16H,7-8,11,14-15H2,1-6H3. The average Bonchev–Trinajstić information content (AvgIpc) is 2.86. The van der Waals surface area contributed by atoms with E-state index in [4.69, 9.17) is 4.98 Å². The average molecular weight is 316 g/mol. The predicted octanol–water partition coefficient (Wildman–Crippen LogP) is 4.89. The van der Waals surface area contributed by atoms with Gasteiger partial charge < -0.3 is 4.40 Å². The highest BCUT2D eigenvalue weighted by Crippen LogP contribution is 2.27. The monoisotopic (exact) mass is 315 g/mol. The van der Waals surface area contributed by atoms with Gasteiger partial charge in [0.05, 0.1) is 11.4 Å². The number of nitrogens with zero attached hydrogens (tertiary/aromatic N) is 3. The van der Waals surface area contributed by atoms with Gasteiger partial charge in [-0.25, -0.2) is 4.98 Å². The molecule has 0 radical (unpaired) electrons. The minimum absolute atomic E-state index is 0.0653.